The van der Waals surface area contributed by atoms with Crippen LogP contribution in [-0.2, 0) is 17.6 Å². The fraction of sp³-hybridized carbons (Fsp3) is 0.158. The number of carbonyl (C=O) groups excluding carboxylic acids is 1. The first-order valence-electron chi connectivity index (χ1n) is 7.78. The lowest BCUT2D eigenvalue weighted by Gasteiger charge is -2.18. The maximum atomic E-state index is 13.7. The zero-order valence-corrected chi connectivity index (χ0v) is 13.1. The highest BCUT2D eigenvalue weighted by Gasteiger charge is 2.17. The van der Waals surface area contributed by atoms with Gasteiger partial charge in [-0.05, 0) is 17.2 Å². The van der Waals surface area contributed by atoms with Gasteiger partial charge in [-0.25, -0.2) is 9.37 Å². The zero-order valence-electron chi connectivity index (χ0n) is 13.1. The molecule has 0 saturated heterocycles. The Labute approximate surface area is 139 Å². The minimum absolute atomic E-state index is 0.00810. The number of nitrogens with zero attached hydrogens (tertiary/aromatic N) is 1. The van der Waals surface area contributed by atoms with Crippen LogP contribution >= 0.6 is 0 Å². The standard InChI is InChI=1S/C19H18FN3O/c20-16-9-5-4-8-15(16)12-19(24)23-17(13-18-21-10-11-22-18)14-6-2-1-3-7-14/h1-11,17H,12-13H2,(H,21,22)(H,23,24). The van der Waals surface area contributed by atoms with Gasteiger partial charge in [0, 0.05) is 18.8 Å². The van der Waals surface area contributed by atoms with Crippen molar-refractivity contribution >= 4 is 5.91 Å². The minimum Gasteiger partial charge on any atom is -0.349 e. The fourth-order valence-electron chi connectivity index (χ4n) is 2.60. The second-order valence-corrected chi connectivity index (χ2v) is 5.54. The van der Waals surface area contributed by atoms with Crippen LogP contribution in [0, 0.1) is 5.82 Å². The Kier molecular flexibility index (Phi) is 5.01. The average molecular weight is 323 g/mol. The van der Waals surface area contributed by atoms with Crippen molar-refractivity contribution in [2.75, 3.05) is 0 Å². The van der Waals surface area contributed by atoms with Crippen LogP contribution in [0.15, 0.2) is 67.0 Å². The Morgan fingerprint density at radius 3 is 2.58 bits per heavy atom. The third kappa shape index (κ3) is 4.07. The summed E-state index contributed by atoms with van der Waals surface area (Å²) >= 11 is 0. The zero-order chi connectivity index (χ0) is 16.8. The SMILES string of the molecule is O=C(Cc1ccccc1F)NC(Cc1ncc[nH]1)c1ccccc1. The summed E-state index contributed by atoms with van der Waals surface area (Å²) < 4.78 is 13.7. The summed E-state index contributed by atoms with van der Waals surface area (Å²) in [6.45, 7) is 0. The lowest BCUT2D eigenvalue weighted by molar-refractivity contribution is -0.121. The summed E-state index contributed by atoms with van der Waals surface area (Å²) in [5.74, 6) is 0.200. The van der Waals surface area contributed by atoms with E-state index in [0.717, 1.165) is 11.4 Å². The Morgan fingerprint density at radius 1 is 1.12 bits per heavy atom. The van der Waals surface area contributed by atoms with Gasteiger partial charge in [-0.3, -0.25) is 4.79 Å². The first kappa shape index (κ1) is 15.9. The molecule has 5 heteroatoms. The van der Waals surface area contributed by atoms with Gasteiger partial charge in [-0.1, -0.05) is 48.5 Å². The number of nitrogens with one attached hydrogen (secondary N) is 2. The molecule has 4 nitrogen and oxygen atoms in total. The number of amides is 1. The number of hydrogen-bond donors (Lipinski definition) is 2. The van der Waals surface area contributed by atoms with E-state index in [2.05, 4.69) is 15.3 Å². The molecule has 0 aliphatic heterocycles. The number of imidazole rings is 1. The predicted octanol–water partition coefficient (Wildman–Crippen LogP) is 3.19. The van der Waals surface area contributed by atoms with E-state index in [1.165, 1.54) is 6.07 Å². The van der Waals surface area contributed by atoms with Gasteiger partial charge in [0.25, 0.3) is 0 Å². The van der Waals surface area contributed by atoms with Gasteiger partial charge in [0.1, 0.15) is 11.6 Å². The van der Waals surface area contributed by atoms with Crippen LogP contribution in [0.4, 0.5) is 4.39 Å². The Balaban J connectivity index is 1.74. The van der Waals surface area contributed by atoms with E-state index >= 15 is 0 Å². The molecule has 0 aliphatic rings. The molecule has 1 atom stereocenters. The van der Waals surface area contributed by atoms with Gasteiger partial charge in [0.2, 0.25) is 5.91 Å². The van der Waals surface area contributed by atoms with Crippen LogP contribution < -0.4 is 5.32 Å². The number of carbonyl (C=O) groups is 1. The molecule has 122 valence electrons. The van der Waals surface area contributed by atoms with Gasteiger partial charge >= 0.3 is 0 Å². The molecule has 1 amide bonds. The maximum absolute atomic E-state index is 13.7. The van der Waals surface area contributed by atoms with E-state index in [-0.39, 0.29) is 24.2 Å². The summed E-state index contributed by atoms with van der Waals surface area (Å²) in [5.41, 5.74) is 1.37. The van der Waals surface area contributed by atoms with Crippen molar-refractivity contribution in [1.82, 2.24) is 15.3 Å². The van der Waals surface area contributed by atoms with Crippen molar-refractivity contribution in [1.29, 1.82) is 0 Å². The molecule has 2 aromatic carbocycles. The molecule has 3 rings (SSSR count). The molecular weight excluding hydrogens is 305 g/mol. The molecule has 1 heterocycles. The first-order valence-corrected chi connectivity index (χ1v) is 7.78. The van der Waals surface area contributed by atoms with Gasteiger partial charge in [0.15, 0.2) is 0 Å². The normalized spacial score (nSPS) is 11.9. The average Bonchev–Trinajstić information content (AvgIpc) is 3.10. The monoisotopic (exact) mass is 323 g/mol. The molecule has 1 unspecified atom stereocenters. The lowest BCUT2D eigenvalue weighted by atomic mass is 10.0. The second kappa shape index (κ2) is 7.55. The van der Waals surface area contributed by atoms with Crippen LogP contribution in [0.1, 0.15) is 23.0 Å². The number of benzene rings is 2. The number of H-pyrrole nitrogens is 1. The Bertz CT molecular complexity index is 787. The highest BCUT2D eigenvalue weighted by Crippen LogP contribution is 2.17. The van der Waals surface area contributed by atoms with Crippen molar-refractivity contribution in [2.24, 2.45) is 0 Å². The van der Waals surface area contributed by atoms with Crippen molar-refractivity contribution in [3.8, 4) is 0 Å². The number of rotatable bonds is 6. The number of halogens is 1. The lowest BCUT2D eigenvalue weighted by Crippen LogP contribution is -2.31. The van der Waals surface area contributed by atoms with Crippen molar-refractivity contribution in [3.05, 3.63) is 89.8 Å². The minimum atomic E-state index is -0.366. The fourth-order valence-corrected chi connectivity index (χ4v) is 2.60. The molecule has 0 radical (unpaired) electrons. The second-order valence-electron chi connectivity index (χ2n) is 5.54. The first-order chi connectivity index (χ1) is 11.7. The smallest absolute Gasteiger partial charge is 0.225 e. The Morgan fingerprint density at radius 2 is 1.88 bits per heavy atom. The van der Waals surface area contributed by atoms with E-state index in [1.54, 1.807) is 30.6 Å². The van der Waals surface area contributed by atoms with Crippen LogP contribution in [-0.4, -0.2) is 15.9 Å². The molecule has 0 fully saturated rings. The summed E-state index contributed by atoms with van der Waals surface area (Å²) in [5, 5.41) is 2.98. The van der Waals surface area contributed by atoms with Crippen molar-refractivity contribution < 1.29 is 9.18 Å². The number of hydrogen-bond acceptors (Lipinski definition) is 2. The largest absolute Gasteiger partial charge is 0.349 e. The molecule has 0 bridgehead atoms. The van der Waals surface area contributed by atoms with E-state index in [1.807, 2.05) is 30.3 Å². The van der Waals surface area contributed by atoms with Gasteiger partial charge in [0.05, 0.1) is 12.5 Å². The number of aromatic amines is 1. The quantitative estimate of drug-likeness (QED) is 0.732. The molecule has 24 heavy (non-hydrogen) atoms. The molecule has 1 aromatic heterocycles. The summed E-state index contributed by atoms with van der Waals surface area (Å²) in [7, 11) is 0. The van der Waals surface area contributed by atoms with Crippen molar-refractivity contribution in [3.63, 3.8) is 0 Å². The van der Waals surface area contributed by atoms with Crippen LogP contribution in [0.25, 0.3) is 0 Å². The molecule has 2 N–H and O–H groups in total. The van der Waals surface area contributed by atoms with Gasteiger partial charge in [-0.15, -0.1) is 0 Å². The Hall–Kier alpha value is -2.95. The molecule has 3 aromatic rings. The summed E-state index contributed by atoms with van der Waals surface area (Å²) in [6.07, 6.45) is 3.98. The van der Waals surface area contributed by atoms with E-state index < -0.39 is 0 Å². The van der Waals surface area contributed by atoms with Crippen LogP contribution in [0.5, 0.6) is 0 Å². The van der Waals surface area contributed by atoms with Crippen molar-refractivity contribution in [2.45, 2.75) is 18.9 Å². The molecule has 0 saturated carbocycles. The summed E-state index contributed by atoms with van der Waals surface area (Å²) in [4.78, 5) is 19.6. The molecule has 0 aliphatic carbocycles. The van der Waals surface area contributed by atoms with Gasteiger partial charge < -0.3 is 10.3 Å². The topological polar surface area (TPSA) is 57.8 Å². The van der Waals surface area contributed by atoms with E-state index in [4.69, 9.17) is 0 Å². The van der Waals surface area contributed by atoms with E-state index in [0.29, 0.717) is 12.0 Å². The predicted molar refractivity (Wildman–Crippen MR) is 89.7 cm³/mol. The maximum Gasteiger partial charge on any atom is 0.225 e. The van der Waals surface area contributed by atoms with Crippen LogP contribution in [0.3, 0.4) is 0 Å². The molecular formula is C19H18FN3O. The highest BCUT2D eigenvalue weighted by molar-refractivity contribution is 5.79. The molecule has 0 spiro atoms. The third-order valence-electron chi connectivity index (χ3n) is 3.80. The van der Waals surface area contributed by atoms with Gasteiger partial charge in [-0.2, -0.15) is 0 Å². The van der Waals surface area contributed by atoms with E-state index in [9.17, 15) is 9.18 Å². The summed E-state index contributed by atoms with van der Waals surface area (Å²) in [6, 6.07) is 15.8. The number of aromatic nitrogens is 2. The third-order valence-corrected chi connectivity index (χ3v) is 3.80. The highest BCUT2D eigenvalue weighted by atomic mass is 19.1. The van der Waals surface area contributed by atoms with Crippen LogP contribution in [0.2, 0.25) is 0 Å².